The van der Waals surface area contributed by atoms with Crippen molar-refractivity contribution in [2.75, 3.05) is 26.0 Å². The van der Waals surface area contributed by atoms with E-state index in [9.17, 15) is 9.59 Å². The Morgan fingerprint density at radius 3 is 2.69 bits per heavy atom. The average molecular weight is 373 g/mol. The maximum atomic E-state index is 12.3. The van der Waals surface area contributed by atoms with Gasteiger partial charge in [-0.1, -0.05) is 29.0 Å². The van der Waals surface area contributed by atoms with Gasteiger partial charge in [0.25, 0.3) is 5.91 Å². The highest BCUT2D eigenvalue weighted by molar-refractivity contribution is 7.13. The summed E-state index contributed by atoms with van der Waals surface area (Å²) in [4.78, 5) is 28.4. The number of aryl methyl sites for hydroxylation is 1. The second kappa shape index (κ2) is 7.92. The SMILES string of the molecule is Cc1ccc(NC(=O)c2nnc(CN3CCC[C@H]3C(=O)N(C)C)s2)cc1. The van der Waals surface area contributed by atoms with Crippen molar-refractivity contribution in [3.05, 3.63) is 39.8 Å². The molecule has 1 aromatic carbocycles. The Kier molecular flexibility index (Phi) is 5.63. The quantitative estimate of drug-likeness (QED) is 0.869. The molecule has 0 saturated carbocycles. The van der Waals surface area contributed by atoms with Crippen LogP contribution in [-0.4, -0.2) is 58.5 Å². The zero-order valence-corrected chi connectivity index (χ0v) is 16.0. The van der Waals surface area contributed by atoms with Crippen molar-refractivity contribution in [3.63, 3.8) is 0 Å². The fourth-order valence-electron chi connectivity index (χ4n) is 3.00. The third-order valence-corrected chi connectivity index (χ3v) is 5.31. The highest BCUT2D eigenvalue weighted by atomic mass is 32.1. The van der Waals surface area contributed by atoms with E-state index in [0.717, 1.165) is 35.6 Å². The van der Waals surface area contributed by atoms with Gasteiger partial charge in [-0.25, -0.2) is 0 Å². The van der Waals surface area contributed by atoms with Crippen molar-refractivity contribution in [2.45, 2.75) is 32.4 Å². The molecule has 3 rings (SSSR count). The Balaban J connectivity index is 1.63. The summed E-state index contributed by atoms with van der Waals surface area (Å²) >= 11 is 1.27. The third-order valence-electron chi connectivity index (χ3n) is 4.40. The molecular weight excluding hydrogens is 350 g/mol. The minimum atomic E-state index is -0.264. The second-order valence-corrected chi connectivity index (χ2v) is 7.74. The van der Waals surface area contributed by atoms with Crippen LogP contribution in [0.2, 0.25) is 0 Å². The van der Waals surface area contributed by atoms with Crippen LogP contribution >= 0.6 is 11.3 Å². The van der Waals surface area contributed by atoms with Gasteiger partial charge in [0.15, 0.2) is 0 Å². The number of carbonyl (C=O) groups is 2. The molecule has 1 fully saturated rings. The van der Waals surface area contributed by atoms with Crippen molar-refractivity contribution < 1.29 is 9.59 Å². The van der Waals surface area contributed by atoms with Gasteiger partial charge in [0.2, 0.25) is 10.9 Å². The van der Waals surface area contributed by atoms with Crippen molar-refractivity contribution >= 4 is 28.8 Å². The molecule has 0 unspecified atom stereocenters. The molecule has 1 aliphatic rings. The number of nitrogens with one attached hydrogen (secondary N) is 1. The number of amides is 2. The van der Waals surface area contributed by atoms with Crippen LogP contribution in [0.25, 0.3) is 0 Å². The monoisotopic (exact) mass is 373 g/mol. The summed E-state index contributed by atoms with van der Waals surface area (Å²) in [5, 5.41) is 12.1. The smallest absolute Gasteiger partial charge is 0.286 e. The lowest BCUT2D eigenvalue weighted by atomic mass is 10.2. The van der Waals surface area contributed by atoms with Gasteiger partial charge in [0.1, 0.15) is 5.01 Å². The largest absolute Gasteiger partial charge is 0.347 e. The summed E-state index contributed by atoms with van der Waals surface area (Å²) in [6.45, 7) is 3.39. The number of aromatic nitrogens is 2. The molecule has 1 saturated heterocycles. The molecule has 138 valence electrons. The molecule has 1 atom stereocenters. The standard InChI is InChI=1S/C18H23N5O2S/c1-12-6-8-13(9-7-12)19-16(24)17-21-20-15(26-17)11-23-10-4-5-14(23)18(25)22(2)3/h6-9,14H,4-5,10-11H2,1-3H3,(H,19,24)/t14-/m0/s1. The summed E-state index contributed by atoms with van der Waals surface area (Å²) in [5.41, 5.74) is 1.86. The van der Waals surface area contributed by atoms with E-state index in [1.165, 1.54) is 11.3 Å². The van der Waals surface area contributed by atoms with E-state index in [0.29, 0.717) is 11.6 Å². The number of nitrogens with zero attached hydrogens (tertiary/aromatic N) is 4. The number of hydrogen-bond donors (Lipinski definition) is 1. The van der Waals surface area contributed by atoms with Gasteiger partial charge in [0, 0.05) is 19.8 Å². The Hall–Kier alpha value is -2.32. The number of likely N-dealkylation sites (tertiary alicyclic amines) is 1. The molecule has 1 aliphatic heterocycles. The van der Waals surface area contributed by atoms with Crippen LogP contribution in [0.15, 0.2) is 24.3 Å². The predicted molar refractivity (Wildman–Crippen MR) is 101 cm³/mol. The van der Waals surface area contributed by atoms with Crippen LogP contribution < -0.4 is 5.32 Å². The van der Waals surface area contributed by atoms with Gasteiger partial charge in [-0.2, -0.15) is 0 Å². The fraction of sp³-hybridized carbons (Fsp3) is 0.444. The minimum Gasteiger partial charge on any atom is -0.347 e. The number of anilines is 1. The van der Waals surface area contributed by atoms with Crippen molar-refractivity contribution in [3.8, 4) is 0 Å². The van der Waals surface area contributed by atoms with E-state index in [1.807, 2.05) is 31.2 Å². The van der Waals surface area contributed by atoms with E-state index in [1.54, 1.807) is 19.0 Å². The van der Waals surface area contributed by atoms with E-state index in [-0.39, 0.29) is 17.9 Å². The topological polar surface area (TPSA) is 78.4 Å². The average Bonchev–Trinajstić information content (AvgIpc) is 3.26. The Bertz CT molecular complexity index is 787. The lowest BCUT2D eigenvalue weighted by molar-refractivity contribution is -0.133. The molecule has 0 aliphatic carbocycles. The van der Waals surface area contributed by atoms with E-state index in [2.05, 4.69) is 20.4 Å². The number of rotatable bonds is 5. The number of hydrogen-bond acceptors (Lipinski definition) is 6. The molecule has 8 heteroatoms. The second-order valence-electron chi connectivity index (χ2n) is 6.68. The van der Waals surface area contributed by atoms with E-state index in [4.69, 9.17) is 0 Å². The van der Waals surface area contributed by atoms with Crippen LogP contribution in [0, 0.1) is 6.92 Å². The molecule has 26 heavy (non-hydrogen) atoms. The van der Waals surface area contributed by atoms with Gasteiger partial charge in [-0.05, 0) is 38.4 Å². The fourth-order valence-corrected chi connectivity index (χ4v) is 3.76. The molecule has 2 amide bonds. The van der Waals surface area contributed by atoms with Gasteiger partial charge < -0.3 is 10.2 Å². The van der Waals surface area contributed by atoms with Crippen molar-refractivity contribution in [1.29, 1.82) is 0 Å². The zero-order valence-electron chi connectivity index (χ0n) is 15.2. The van der Waals surface area contributed by atoms with Crippen LogP contribution in [0.3, 0.4) is 0 Å². The molecule has 0 bridgehead atoms. The summed E-state index contributed by atoms with van der Waals surface area (Å²) < 4.78 is 0. The number of likely N-dealkylation sites (N-methyl/N-ethyl adjacent to an activating group) is 1. The third kappa shape index (κ3) is 4.25. The molecule has 1 N–H and O–H groups in total. The van der Waals surface area contributed by atoms with Crippen molar-refractivity contribution in [2.24, 2.45) is 0 Å². The molecule has 0 radical (unpaired) electrons. The Morgan fingerprint density at radius 2 is 2.00 bits per heavy atom. The molecular formula is C18H23N5O2S. The van der Waals surface area contributed by atoms with Crippen LogP contribution in [0.5, 0.6) is 0 Å². The molecule has 2 aromatic rings. The number of benzene rings is 1. The van der Waals surface area contributed by atoms with Crippen LogP contribution in [0.4, 0.5) is 5.69 Å². The number of carbonyl (C=O) groups excluding carboxylic acids is 2. The van der Waals surface area contributed by atoms with Crippen molar-refractivity contribution in [1.82, 2.24) is 20.0 Å². The van der Waals surface area contributed by atoms with Gasteiger partial charge >= 0.3 is 0 Å². The molecule has 0 spiro atoms. The van der Waals surface area contributed by atoms with Gasteiger partial charge in [-0.15, -0.1) is 10.2 Å². The highest BCUT2D eigenvalue weighted by Crippen LogP contribution is 2.23. The Labute approximate surface area is 157 Å². The summed E-state index contributed by atoms with van der Waals surface area (Å²) in [7, 11) is 3.55. The van der Waals surface area contributed by atoms with Gasteiger partial charge in [-0.3, -0.25) is 14.5 Å². The minimum absolute atomic E-state index is 0.112. The molecule has 7 nitrogen and oxygen atoms in total. The maximum Gasteiger partial charge on any atom is 0.286 e. The molecule has 2 heterocycles. The highest BCUT2D eigenvalue weighted by Gasteiger charge is 2.32. The summed E-state index contributed by atoms with van der Waals surface area (Å²) in [6.07, 6.45) is 1.85. The maximum absolute atomic E-state index is 12.3. The molecule has 1 aromatic heterocycles. The summed E-state index contributed by atoms with van der Waals surface area (Å²) in [6, 6.07) is 7.49. The zero-order chi connectivity index (χ0) is 18.7. The first-order chi connectivity index (χ1) is 12.4. The first-order valence-electron chi connectivity index (χ1n) is 8.59. The Morgan fingerprint density at radius 1 is 1.27 bits per heavy atom. The lowest BCUT2D eigenvalue weighted by Crippen LogP contribution is -2.42. The summed E-state index contributed by atoms with van der Waals surface area (Å²) in [5.74, 6) is -0.149. The lowest BCUT2D eigenvalue weighted by Gasteiger charge is -2.24. The van der Waals surface area contributed by atoms with E-state index < -0.39 is 0 Å². The normalized spacial score (nSPS) is 17.3. The first-order valence-corrected chi connectivity index (χ1v) is 9.41. The van der Waals surface area contributed by atoms with Crippen LogP contribution in [-0.2, 0) is 11.3 Å². The van der Waals surface area contributed by atoms with Gasteiger partial charge in [0.05, 0.1) is 12.6 Å². The first kappa shape index (κ1) is 18.5. The van der Waals surface area contributed by atoms with E-state index >= 15 is 0 Å². The van der Waals surface area contributed by atoms with Crippen LogP contribution in [0.1, 0.15) is 33.2 Å². The predicted octanol–water partition coefficient (Wildman–Crippen LogP) is 2.15.